The average molecular weight is 196 g/mol. The van der Waals surface area contributed by atoms with Crippen molar-refractivity contribution in [1.82, 2.24) is 0 Å². The van der Waals surface area contributed by atoms with Crippen LogP contribution in [-0.2, 0) is 13.1 Å². The lowest BCUT2D eigenvalue weighted by atomic mass is 10.1. The second-order valence-electron chi connectivity index (χ2n) is 3.58. The van der Waals surface area contributed by atoms with Crippen molar-refractivity contribution in [2.24, 2.45) is 0 Å². The summed E-state index contributed by atoms with van der Waals surface area (Å²) in [5, 5.41) is 22.0. The van der Waals surface area contributed by atoms with Crippen LogP contribution in [0.1, 0.15) is 11.1 Å². The summed E-state index contributed by atoms with van der Waals surface area (Å²) in [6, 6.07) is 7.62. The van der Waals surface area contributed by atoms with Gasteiger partial charge < -0.3 is 20.5 Å². The number of nitrogens with one attached hydrogen (secondary N) is 2. The number of hydrogen-bond acceptors (Lipinski definition) is 2. The number of benzene rings is 1. The quantitative estimate of drug-likeness (QED) is 0.589. The van der Waals surface area contributed by atoms with Crippen LogP contribution in [0.5, 0.6) is 0 Å². The van der Waals surface area contributed by atoms with E-state index in [0.29, 0.717) is 13.1 Å². The minimum atomic E-state index is 0.143. The first kappa shape index (κ1) is 11.1. The maximum absolute atomic E-state index is 10.9. The van der Waals surface area contributed by atoms with Crippen LogP contribution in [-0.4, -0.2) is 14.1 Å². The van der Waals surface area contributed by atoms with Gasteiger partial charge in [-0.25, -0.2) is 0 Å². The van der Waals surface area contributed by atoms with Gasteiger partial charge in [-0.05, 0) is 6.07 Å². The number of rotatable bonds is 4. The number of hydroxylamine groups is 4. The molecule has 4 heteroatoms. The molecular weight excluding hydrogens is 180 g/mol. The molecule has 0 aliphatic rings. The lowest BCUT2D eigenvalue weighted by Crippen LogP contribution is -3.02. The first-order chi connectivity index (χ1) is 6.58. The number of quaternary nitrogens is 2. The Morgan fingerprint density at radius 2 is 1.43 bits per heavy atom. The van der Waals surface area contributed by atoms with Gasteiger partial charge in [0.1, 0.15) is 13.1 Å². The highest BCUT2D eigenvalue weighted by Crippen LogP contribution is 2.02. The fourth-order valence-corrected chi connectivity index (χ4v) is 1.42. The van der Waals surface area contributed by atoms with Crippen LogP contribution < -0.4 is 10.1 Å². The zero-order valence-electron chi connectivity index (χ0n) is 8.54. The second-order valence-corrected chi connectivity index (χ2v) is 3.58. The molecule has 1 aromatic carbocycles. The van der Waals surface area contributed by atoms with E-state index >= 15 is 0 Å². The Labute approximate surface area is 83.9 Å². The molecule has 1 aromatic rings. The lowest BCUT2D eigenvalue weighted by Gasteiger charge is -2.18. The molecule has 2 atom stereocenters. The van der Waals surface area contributed by atoms with Crippen LogP contribution in [0.25, 0.3) is 0 Å². The highest BCUT2D eigenvalue weighted by atomic mass is 16.5. The molecule has 1 rings (SSSR count). The summed E-state index contributed by atoms with van der Waals surface area (Å²) < 4.78 is 0. The normalized spacial score (nSPS) is 15.1. The van der Waals surface area contributed by atoms with Gasteiger partial charge in [-0.3, -0.25) is 0 Å². The molecule has 0 saturated carbocycles. The van der Waals surface area contributed by atoms with Gasteiger partial charge in [-0.1, -0.05) is 18.2 Å². The van der Waals surface area contributed by atoms with Crippen LogP contribution in [0.2, 0.25) is 0 Å². The third kappa shape index (κ3) is 3.85. The SMILES string of the molecule is C[NH+]([O-])Cc1cccc(C[NH+](C)[O-])c1. The monoisotopic (exact) mass is 196 g/mol. The standard InChI is InChI=1S/C10H16N2O2/c1-11(13)7-9-4-3-5-10(6-9)8-12(2)14/h3-6,11-12H,7-8H2,1-2H3. The molecule has 0 aromatic heterocycles. The second kappa shape index (κ2) is 5.07. The van der Waals surface area contributed by atoms with Gasteiger partial charge in [0.15, 0.2) is 0 Å². The maximum Gasteiger partial charge on any atom is 0.102 e. The van der Waals surface area contributed by atoms with E-state index < -0.39 is 0 Å². The van der Waals surface area contributed by atoms with Crippen LogP contribution in [0, 0.1) is 10.4 Å². The van der Waals surface area contributed by atoms with Gasteiger partial charge in [-0.2, -0.15) is 0 Å². The number of hydrogen-bond donors (Lipinski definition) is 2. The van der Waals surface area contributed by atoms with Crippen molar-refractivity contribution >= 4 is 0 Å². The Morgan fingerprint density at radius 3 is 1.79 bits per heavy atom. The fraction of sp³-hybridized carbons (Fsp3) is 0.400. The van der Waals surface area contributed by atoms with E-state index in [9.17, 15) is 10.4 Å². The Morgan fingerprint density at radius 1 is 1.00 bits per heavy atom. The summed E-state index contributed by atoms with van der Waals surface area (Å²) in [5.74, 6) is 0. The summed E-state index contributed by atoms with van der Waals surface area (Å²) >= 11 is 0. The van der Waals surface area contributed by atoms with Gasteiger partial charge in [-0.15, -0.1) is 0 Å². The molecule has 0 bridgehead atoms. The van der Waals surface area contributed by atoms with E-state index in [1.54, 1.807) is 14.1 Å². The van der Waals surface area contributed by atoms with Crippen LogP contribution in [0.4, 0.5) is 0 Å². The lowest BCUT2D eigenvalue weighted by molar-refractivity contribution is -0.841. The van der Waals surface area contributed by atoms with E-state index in [1.807, 2.05) is 24.3 Å². The first-order valence-electron chi connectivity index (χ1n) is 4.64. The predicted octanol–water partition coefficient (Wildman–Crippen LogP) is -1.29. The van der Waals surface area contributed by atoms with Crippen LogP contribution in [0.3, 0.4) is 0 Å². The molecule has 0 aliphatic carbocycles. The average Bonchev–Trinajstić information content (AvgIpc) is 2.01. The molecule has 4 nitrogen and oxygen atoms in total. The van der Waals surface area contributed by atoms with E-state index in [2.05, 4.69) is 0 Å². The zero-order valence-corrected chi connectivity index (χ0v) is 8.54. The molecule has 0 spiro atoms. The molecule has 0 heterocycles. The summed E-state index contributed by atoms with van der Waals surface area (Å²) in [5.41, 5.74) is 1.97. The predicted molar refractivity (Wildman–Crippen MR) is 54.4 cm³/mol. The van der Waals surface area contributed by atoms with Gasteiger partial charge in [0.2, 0.25) is 0 Å². The minimum Gasteiger partial charge on any atom is -0.634 e. The molecule has 14 heavy (non-hydrogen) atoms. The fourth-order valence-electron chi connectivity index (χ4n) is 1.42. The smallest absolute Gasteiger partial charge is 0.102 e. The molecule has 0 fully saturated rings. The van der Waals surface area contributed by atoms with Crippen LogP contribution in [0.15, 0.2) is 24.3 Å². The Bertz CT molecular complexity index is 262. The third-order valence-corrected chi connectivity index (χ3v) is 1.90. The van der Waals surface area contributed by atoms with Gasteiger partial charge in [0.05, 0.1) is 14.1 Å². The highest BCUT2D eigenvalue weighted by molar-refractivity contribution is 5.22. The molecule has 0 amide bonds. The third-order valence-electron chi connectivity index (χ3n) is 1.90. The van der Waals surface area contributed by atoms with Crippen molar-refractivity contribution in [2.45, 2.75) is 13.1 Å². The van der Waals surface area contributed by atoms with Crippen LogP contribution >= 0.6 is 0 Å². The van der Waals surface area contributed by atoms with Crippen molar-refractivity contribution in [3.05, 3.63) is 45.8 Å². The van der Waals surface area contributed by atoms with Crippen molar-refractivity contribution in [1.29, 1.82) is 0 Å². The Hall–Kier alpha value is -0.940. The molecular formula is C10H16N2O2. The van der Waals surface area contributed by atoms with E-state index in [0.717, 1.165) is 11.1 Å². The van der Waals surface area contributed by atoms with Gasteiger partial charge in [0.25, 0.3) is 0 Å². The highest BCUT2D eigenvalue weighted by Gasteiger charge is 1.99. The van der Waals surface area contributed by atoms with E-state index in [-0.39, 0.29) is 10.1 Å². The van der Waals surface area contributed by atoms with Crippen molar-refractivity contribution in [2.75, 3.05) is 14.1 Å². The molecule has 0 aliphatic heterocycles. The topological polar surface area (TPSA) is 55.0 Å². The van der Waals surface area contributed by atoms with Crippen molar-refractivity contribution < 1.29 is 10.1 Å². The molecule has 2 N–H and O–H groups in total. The van der Waals surface area contributed by atoms with E-state index in [4.69, 9.17) is 0 Å². The molecule has 0 saturated heterocycles. The van der Waals surface area contributed by atoms with Crippen molar-refractivity contribution in [3.8, 4) is 0 Å². The molecule has 78 valence electrons. The molecule has 2 unspecified atom stereocenters. The minimum absolute atomic E-state index is 0.143. The Kier molecular flexibility index (Phi) is 4.03. The summed E-state index contributed by atoms with van der Waals surface area (Å²) in [6.07, 6.45) is 0. The van der Waals surface area contributed by atoms with Crippen molar-refractivity contribution in [3.63, 3.8) is 0 Å². The zero-order chi connectivity index (χ0) is 10.6. The summed E-state index contributed by atoms with van der Waals surface area (Å²) in [4.78, 5) is 0. The summed E-state index contributed by atoms with van der Waals surface area (Å²) in [6.45, 7) is 0.900. The van der Waals surface area contributed by atoms with Gasteiger partial charge in [0, 0.05) is 11.1 Å². The Balaban J connectivity index is 2.68. The van der Waals surface area contributed by atoms with E-state index in [1.165, 1.54) is 0 Å². The first-order valence-corrected chi connectivity index (χ1v) is 4.64. The molecule has 0 radical (unpaired) electrons. The van der Waals surface area contributed by atoms with Gasteiger partial charge >= 0.3 is 0 Å². The largest absolute Gasteiger partial charge is 0.634 e. The maximum atomic E-state index is 10.9. The summed E-state index contributed by atoms with van der Waals surface area (Å²) in [7, 11) is 3.13.